The van der Waals surface area contributed by atoms with Gasteiger partial charge < -0.3 is 15.4 Å². The van der Waals surface area contributed by atoms with Crippen LogP contribution in [0.4, 0.5) is 5.82 Å². The van der Waals surface area contributed by atoms with E-state index in [1.165, 1.54) is 6.20 Å². The molecule has 0 spiro atoms. The number of ether oxygens (including phenoxy) is 1. The Morgan fingerprint density at radius 3 is 2.88 bits per heavy atom. The Morgan fingerprint density at radius 2 is 2.17 bits per heavy atom. The van der Waals surface area contributed by atoms with E-state index in [2.05, 4.69) is 14.9 Å². The van der Waals surface area contributed by atoms with E-state index in [-0.39, 0.29) is 5.69 Å². The number of aromatic nitrogens is 2. The first-order chi connectivity index (χ1) is 11.6. The Morgan fingerprint density at radius 1 is 1.33 bits per heavy atom. The Bertz CT molecular complexity index is 708. The number of amides is 1. The number of benzene rings is 1. The number of rotatable bonds is 5. The topological polar surface area (TPSA) is 81.3 Å². The molecule has 0 radical (unpaired) electrons. The van der Waals surface area contributed by atoms with E-state index in [1.807, 2.05) is 24.3 Å². The lowest BCUT2D eigenvalue weighted by atomic mass is 9.99. The highest BCUT2D eigenvalue weighted by Crippen LogP contribution is 2.26. The highest BCUT2D eigenvalue weighted by molar-refractivity contribution is 6.32. The average molecular weight is 347 g/mol. The lowest BCUT2D eigenvalue weighted by Gasteiger charge is -2.33. The van der Waals surface area contributed by atoms with Gasteiger partial charge in [-0.1, -0.05) is 23.7 Å². The first-order valence-electron chi connectivity index (χ1n) is 7.87. The van der Waals surface area contributed by atoms with Crippen molar-refractivity contribution in [2.75, 3.05) is 24.6 Å². The maximum Gasteiger partial charge on any atom is 0.268 e. The predicted octanol–water partition coefficient (Wildman–Crippen LogP) is 2.52. The number of hydrogen-bond donors (Lipinski definition) is 1. The van der Waals surface area contributed by atoms with Gasteiger partial charge in [0.2, 0.25) is 0 Å². The van der Waals surface area contributed by atoms with Crippen molar-refractivity contribution in [1.29, 1.82) is 0 Å². The molecule has 2 aromatic rings. The van der Waals surface area contributed by atoms with Crippen LogP contribution in [0.5, 0.6) is 5.75 Å². The van der Waals surface area contributed by atoms with Crippen LogP contribution in [-0.4, -0.2) is 35.6 Å². The van der Waals surface area contributed by atoms with Crippen molar-refractivity contribution in [3.8, 4) is 5.75 Å². The second-order valence-corrected chi connectivity index (χ2v) is 6.23. The van der Waals surface area contributed by atoms with Crippen molar-refractivity contribution in [1.82, 2.24) is 9.97 Å². The molecule has 2 heterocycles. The van der Waals surface area contributed by atoms with Gasteiger partial charge in [-0.25, -0.2) is 9.97 Å². The molecule has 1 amide bonds. The summed E-state index contributed by atoms with van der Waals surface area (Å²) in [6.45, 7) is 2.34. The molecule has 1 aromatic carbocycles. The molecule has 0 unspecified atom stereocenters. The summed E-state index contributed by atoms with van der Waals surface area (Å²) in [6, 6.07) is 7.48. The van der Waals surface area contributed by atoms with Crippen molar-refractivity contribution in [2.24, 2.45) is 11.7 Å². The fourth-order valence-corrected chi connectivity index (χ4v) is 2.98. The van der Waals surface area contributed by atoms with Crippen molar-refractivity contribution >= 4 is 23.3 Å². The number of carbonyl (C=O) groups is 1. The molecule has 3 rings (SSSR count). The van der Waals surface area contributed by atoms with Gasteiger partial charge in [-0.05, 0) is 25.0 Å². The van der Waals surface area contributed by atoms with Gasteiger partial charge >= 0.3 is 0 Å². The van der Waals surface area contributed by atoms with Crippen LogP contribution in [0.2, 0.25) is 5.02 Å². The number of piperidine rings is 1. The Balaban J connectivity index is 1.60. The third-order valence-corrected chi connectivity index (χ3v) is 4.36. The number of carbonyl (C=O) groups excluding carboxylic acids is 1. The molecule has 1 aromatic heterocycles. The number of anilines is 1. The van der Waals surface area contributed by atoms with E-state index in [0.29, 0.717) is 23.3 Å². The van der Waals surface area contributed by atoms with Crippen LogP contribution in [0.1, 0.15) is 23.3 Å². The molecule has 1 atom stereocenters. The minimum Gasteiger partial charge on any atom is -0.492 e. The Labute approximate surface area is 145 Å². The molecule has 126 valence electrons. The molecule has 0 aliphatic carbocycles. The fraction of sp³-hybridized carbons (Fsp3) is 0.353. The van der Waals surface area contributed by atoms with Crippen LogP contribution in [0.3, 0.4) is 0 Å². The summed E-state index contributed by atoms with van der Waals surface area (Å²) in [5, 5.41) is 0.623. The summed E-state index contributed by atoms with van der Waals surface area (Å²) in [5.41, 5.74) is 5.36. The zero-order valence-corrected chi connectivity index (χ0v) is 13.9. The molecule has 1 aliphatic rings. The number of para-hydroxylation sites is 1. The quantitative estimate of drug-likeness (QED) is 0.899. The molecule has 1 saturated heterocycles. The lowest BCUT2D eigenvalue weighted by molar-refractivity contribution is 0.0995. The van der Waals surface area contributed by atoms with Crippen molar-refractivity contribution in [3.63, 3.8) is 0 Å². The van der Waals surface area contributed by atoms with Crippen LogP contribution in [0.25, 0.3) is 0 Å². The summed E-state index contributed by atoms with van der Waals surface area (Å²) in [7, 11) is 0. The second kappa shape index (κ2) is 7.49. The molecule has 0 saturated carbocycles. The SMILES string of the molecule is NC(=O)c1cnc(N2CCC[C@H](COc3ccccc3Cl)C2)cn1. The molecular weight excluding hydrogens is 328 g/mol. The minimum atomic E-state index is -0.571. The van der Waals surface area contributed by atoms with Crippen LogP contribution < -0.4 is 15.4 Å². The maximum absolute atomic E-state index is 11.1. The zero-order valence-electron chi connectivity index (χ0n) is 13.2. The summed E-state index contributed by atoms with van der Waals surface area (Å²) < 4.78 is 5.86. The maximum atomic E-state index is 11.1. The third-order valence-electron chi connectivity index (χ3n) is 4.04. The van der Waals surface area contributed by atoms with Crippen LogP contribution in [0.15, 0.2) is 36.7 Å². The summed E-state index contributed by atoms with van der Waals surface area (Å²) >= 11 is 6.12. The van der Waals surface area contributed by atoms with Gasteiger partial charge in [0.05, 0.1) is 24.0 Å². The van der Waals surface area contributed by atoms with Gasteiger partial charge in [-0.3, -0.25) is 4.79 Å². The van der Waals surface area contributed by atoms with E-state index in [1.54, 1.807) is 6.20 Å². The fourth-order valence-electron chi connectivity index (χ4n) is 2.79. The number of halogens is 1. The Kier molecular flexibility index (Phi) is 5.15. The van der Waals surface area contributed by atoms with E-state index < -0.39 is 5.91 Å². The van der Waals surface area contributed by atoms with Gasteiger partial charge in [-0.2, -0.15) is 0 Å². The van der Waals surface area contributed by atoms with E-state index in [4.69, 9.17) is 22.1 Å². The largest absolute Gasteiger partial charge is 0.492 e. The first kappa shape index (κ1) is 16.5. The van der Waals surface area contributed by atoms with Gasteiger partial charge in [-0.15, -0.1) is 0 Å². The van der Waals surface area contributed by atoms with Gasteiger partial charge in [0.15, 0.2) is 0 Å². The summed E-state index contributed by atoms with van der Waals surface area (Å²) in [6.07, 6.45) is 5.16. The summed E-state index contributed by atoms with van der Waals surface area (Å²) in [5.74, 6) is 1.27. The molecule has 24 heavy (non-hydrogen) atoms. The van der Waals surface area contributed by atoms with E-state index in [9.17, 15) is 4.79 Å². The monoisotopic (exact) mass is 346 g/mol. The van der Waals surface area contributed by atoms with Crippen LogP contribution in [0, 0.1) is 5.92 Å². The van der Waals surface area contributed by atoms with Crippen molar-refractivity contribution in [3.05, 3.63) is 47.4 Å². The number of nitrogens with two attached hydrogens (primary N) is 1. The van der Waals surface area contributed by atoms with Crippen molar-refractivity contribution < 1.29 is 9.53 Å². The Hall–Kier alpha value is -2.34. The lowest BCUT2D eigenvalue weighted by Crippen LogP contribution is -2.38. The minimum absolute atomic E-state index is 0.175. The standard InChI is InChI=1S/C17H19ClN4O2/c18-13-5-1-2-6-15(13)24-11-12-4-3-7-22(10-12)16-9-20-14(8-21-16)17(19)23/h1-2,5-6,8-9,12H,3-4,7,10-11H2,(H2,19,23)/t12-/m0/s1. The molecule has 1 fully saturated rings. The van der Waals surface area contributed by atoms with Crippen molar-refractivity contribution in [2.45, 2.75) is 12.8 Å². The zero-order chi connectivity index (χ0) is 16.9. The number of primary amides is 1. The number of hydrogen-bond acceptors (Lipinski definition) is 5. The van der Waals surface area contributed by atoms with Crippen LogP contribution >= 0.6 is 11.6 Å². The molecule has 7 heteroatoms. The molecule has 1 aliphatic heterocycles. The van der Waals surface area contributed by atoms with E-state index in [0.717, 1.165) is 31.7 Å². The molecular formula is C17H19ClN4O2. The smallest absolute Gasteiger partial charge is 0.268 e. The number of nitrogens with zero attached hydrogens (tertiary/aromatic N) is 3. The highest BCUT2D eigenvalue weighted by Gasteiger charge is 2.22. The van der Waals surface area contributed by atoms with Gasteiger partial charge in [0.1, 0.15) is 17.3 Å². The van der Waals surface area contributed by atoms with Gasteiger partial charge in [0.25, 0.3) is 5.91 Å². The second-order valence-electron chi connectivity index (χ2n) is 5.82. The highest BCUT2D eigenvalue weighted by atomic mass is 35.5. The summed E-state index contributed by atoms with van der Waals surface area (Å²) in [4.78, 5) is 21.6. The molecule has 2 N–H and O–H groups in total. The normalized spacial score (nSPS) is 17.5. The average Bonchev–Trinajstić information content (AvgIpc) is 2.61. The first-order valence-corrected chi connectivity index (χ1v) is 8.25. The molecule has 6 nitrogen and oxygen atoms in total. The predicted molar refractivity (Wildman–Crippen MR) is 92.4 cm³/mol. The van der Waals surface area contributed by atoms with Crippen LogP contribution in [-0.2, 0) is 0 Å². The molecule has 0 bridgehead atoms. The van der Waals surface area contributed by atoms with Gasteiger partial charge in [0, 0.05) is 19.0 Å². The third kappa shape index (κ3) is 3.94. The van der Waals surface area contributed by atoms with E-state index >= 15 is 0 Å².